The molecule has 0 amide bonds. The molecule has 18 heavy (non-hydrogen) atoms. The summed E-state index contributed by atoms with van der Waals surface area (Å²) in [5.74, 6) is 0.939. The number of nitrogens with one attached hydrogen (secondary N) is 1. The number of rotatable bonds is 5. The highest BCUT2D eigenvalue weighted by atomic mass is 32.2. The van der Waals surface area contributed by atoms with E-state index in [2.05, 4.69) is 36.7 Å². The summed E-state index contributed by atoms with van der Waals surface area (Å²) in [4.78, 5) is 0. The molecule has 0 spiro atoms. The molecule has 2 nitrogen and oxygen atoms in total. The Balaban J connectivity index is 1.93. The summed E-state index contributed by atoms with van der Waals surface area (Å²) in [7, 11) is 1.72. The predicted octanol–water partition coefficient (Wildman–Crippen LogP) is 3.63. The minimum Gasteiger partial charge on any atom is -0.497 e. The Bertz CT molecular complexity index is 383. The van der Waals surface area contributed by atoms with Gasteiger partial charge in [-0.2, -0.15) is 11.8 Å². The molecule has 1 fully saturated rings. The van der Waals surface area contributed by atoms with Crippen molar-refractivity contribution >= 4 is 11.8 Å². The molecule has 0 aliphatic heterocycles. The second-order valence-corrected chi connectivity index (χ2v) is 6.17. The average molecular weight is 265 g/mol. The lowest BCUT2D eigenvalue weighted by Gasteiger charge is -2.20. The van der Waals surface area contributed by atoms with Gasteiger partial charge >= 0.3 is 0 Å². The maximum Gasteiger partial charge on any atom is 0.119 e. The second-order valence-electron chi connectivity index (χ2n) is 5.03. The van der Waals surface area contributed by atoms with E-state index in [1.807, 2.05) is 17.8 Å². The van der Waals surface area contributed by atoms with Crippen molar-refractivity contribution in [3.8, 4) is 5.75 Å². The van der Waals surface area contributed by atoms with Crippen LogP contribution >= 0.6 is 11.8 Å². The molecule has 3 atom stereocenters. The third-order valence-corrected chi connectivity index (χ3v) is 4.89. The predicted molar refractivity (Wildman–Crippen MR) is 79.5 cm³/mol. The Morgan fingerprint density at radius 2 is 2.22 bits per heavy atom. The average Bonchev–Trinajstić information content (AvgIpc) is 2.86. The molecule has 3 heteroatoms. The van der Waals surface area contributed by atoms with Gasteiger partial charge in [-0.1, -0.05) is 12.1 Å². The number of ether oxygens (including phenoxy) is 1. The van der Waals surface area contributed by atoms with Crippen molar-refractivity contribution in [2.75, 3.05) is 13.4 Å². The maximum atomic E-state index is 5.28. The van der Waals surface area contributed by atoms with Crippen molar-refractivity contribution in [1.82, 2.24) is 5.32 Å². The van der Waals surface area contributed by atoms with E-state index in [0.717, 1.165) is 11.0 Å². The van der Waals surface area contributed by atoms with Crippen LogP contribution < -0.4 is 10.1 Å². The Morgan fingerprint density at radius 1 is 1.39 bits per heavy atom. The van der Waals surface area contributed by atoms with Crippen LogP contribution in [0.15, 0.2) is 24.3 Å². The molecule has 1 aliphatic carbocycles. The maximum absolute atomic E-state index is 5.28. The van der Waals surface area contributed by atoms with Crippen molar-refractivity contribution in [3.63, 3.8) is 0 Å². The highest BCUT2D eigenvalue weighted by Gasteiger charge is 2.25. The van der Waals surface area contributed by atoms with Gasteiger partial charge in [-0.3, -0.25) is 0 Å². The minimum atomic E-state index is 0.394. The van der Waals surface area contributed by atoms with Gasteiger partial charge in [-0.05, 0) is 50.1 Å². The van der Waals surface area contributed by atoms with Crippen molar-refractivity contribution in [3.05, 3.63) is 29.8 Å². The number of thioether (sulfide) groups is 1. The lowest BCUT2D eigenvalue weighted by Crippen LogP contribution is -2.29. The van der Waals surface area contributed by atoms with Gasteiger partial charge in [0.1, 0.15) is 5.75 Å². The van der Waals surface area contributed by atoms with Gasteiger partial charge in [0.25, 0.3) is 0 Å². The minimum absolute atomic E-state index is 0.394. The molecule has 0 bridgehead atoms. The second kappa shape index (κ2) is 6.48. The zero-order valence-corrected chi connectivity index (χ0v) is 12.3. The van der Waals surface area contributed by atoms with Crippen LogP contribution in [0.25, 0.3) is 0 Å². The van der Waals surface area contributed by atoms with Crippen LogP contribution in [0.3, 0.4) is 0 Å². The lowest BCUT2D eigenvalue weighted by atomic mass is 10.1. The molecule has 1 N–H and O–H groups in total. The Hall–Kier alpha value is -0.670. The van der Waals surface area contributed by atoms with E-state index in [1.165, 1.54) is 24.8 Å². The summed E-state index contributed by atoms with van der Waals surface area (Å²) in [6.07, 6.45) is 6.18. The zero-order valence-electron chi connectivity index (χ0n) is 11.5. The van der Waals surface area contributed by atoms with E-state index in [9.17, 15) is 0 Å². The molecule has 3 unspecified atom stereocenters. The number of hydrogen-bond donors (Lipinski definition) is 1. The van der Waals surface area contributed by atoms with Gasteiger partial charge < -0.3 is 10.1 Å². The van der Waals surface area contributed by atoms with E-state index in [1.54, 1.807) is 7.11 Å². The summed E-state index contributed by atoms with van der Waals surface area (Å²) in [6, 6.07) is 9.41. The molecule has 1 saturated carbocycles. The monoisotopic (exact) mass is 265 g/mol. The molecule has 100 valence electrons. The molecule has 0 heterocycles. The fourth-order valence-electron chi connectivity index (χ4n) is 2.67. The van der Waals surface area contributed by atoms with Gasteiger partial charge in [-0.15, -0.1) is 0 Å². The summed E-state index contributed by atoms with van der Waals surface area (Å²) in [6.45, 7) is 2.24. The molecule has 1 aromatic rings. The van der Waals surface area contributed by atoms with E-state index >= 15 is 0 Å². The summed E-state index contributed by atoms with van der Waals surface area (Å²) in [5, 5.41) is 4.59. The van der Waals surface area contributed by atoms with Crippen LogP contribution in [-0.4, -0.2) is 24.7 Å². The molecule has 1 aliphatic rings. The van der Waals surface area contributed by atoms with Crippen LogP contribution in [-0.2, 0) is 0 Å². The van der Waals surface area contributed by atoms with Crippen LogP contribution in [0.4, 0.5) is 0 Å². The van der Waals surface area contributed by atoms with Crippen LogP contribution in [0, 0.1) is 0 Å². The van der Waals surface area contributed by atoms with Gasteiger partial charge in [0.2, 0.25) is 0 Å². The van der Waals surface area contributed by atoms with Gasteiger partial charge in [-0.25, -0.2) is 0 Å². The normalized spacial score (nSPS) is 25.1. The van der Waals surface area contributed by atoms with Gasteiger partial charge in [0, 0.05) is 17.3 Å². The molecule has 2 rings (SSSR count). The number of benzene rings is 1. The Kier molecular flexibility index (Phi) is 4.95. The fourth-order valence-corrected chi connectivity index (χ4v) is 3.46. The van der Waals surface area contributed by atoms with Crippen molar-refractivity contribution < 1.29 is 4.74 Å². The zero-order chi connectivity index (χ0) is 13.0. The summed E-state index contributed by atoms with van der Waals surface area (Å²) >= 11 is 2.01. The summed E-state index contributed by atoms with van der Waals surface area (Å²) in [5.41, 5.74) is 1.31. The Labute approximate surface area is 114 Å². The largest absolute Gasteiger partial charge is 0.497 e. The molecular weight excluding hydrogens is 242 g/mol. The van der Waals surface area contributed by atoms with Gasteiger partial charge in [0.05, 0.1) is 7.11 Å². The van der Waals surface area contributed by atoms with E-state index in [-0.39, 0.29) is 0 Å². The van der Waals surface area contributed by atoms with Crippen molar-refractivity contribution in [2.45, 2.75) is 43.5 Å². The van der Waals surface area contributed by atoms with E-state index in [4.69, 9.17) is 4.74 Å². The topological polar surface area (TPSA) is 21.3 Å². The highest BCUT2D eigenvalue weighted by Crippen LogP contribution is 2.30. The smallest absolute Gasteiger partial charge is 0.119 e. The number of hydrogen-bond acceptors (Lipinski definition) is 3. The van der Waals surface area contributed by atoms with Crippen molar-refractivity contribution in [2.24, 2.45) is 0 Å². The summed E-state index contributed by atoms with van der Waals surface area (Å²) < 4.78 is 5.28. The molecule has 0 radical (unpaired) electrons. The van der Waals surface area contributed by atoms with Crippen molar-refractivity contribution in [1.29, 1.82) is 0 Å². The quantitative estimate of drug-likeness (QED) is 0.878. The Morgan fingerprint density at radius 3 is 2.89 bits per heavy atom. The standard InChI is InChI=1S/C15H23NOS/c1-11(12-5-4-6-14(9-12)17-2)16-13-7-8-15(10-13)18-3/h4-6,9,11,13,15-16H,7-8,10H2,1-3H3. The lowest BCUT2D eigenvalue weighted by molar-refractivity contribution is 0.411. The molecule has 1 aromatic carbocycles. The first kappa shape index (κ1) is 13.8. The molecular formula is C15H23NOS. The third kappa shape index (κ3) is 3.42. The van der Waals surface area contributed by atoms with Crippen LogP contribution in [0.5, 0.6) is 5.75 Å². The van der Waals surface area contributed by atoms with E-state index in [0.29, 0.717) is 12.1 Å². The SMILES string of the molecule is COc1cccc(C(C)NC2CCC(SC)C2)c1. The number of methoxy groups -OCH3 is 1. The molecule has 0 aromatic heterocycles. The first-order valence-corrected chi connectivity index (χ1v) is 7.94. The first-order valence-electron chi connectivity index (χ1n) is 6.65. The van der Waals surface area contributed by atoms with Crippen LogP contribution in [0.2, 0.25) is 0 Å². The third-order valence-electron chi connectivity index (χ3n) is 3.80. The first-order chi connectivity index (χ1) is 8.72. The highest BCUT2D eigenvalue weighted by molar-refractivity contribution is 7.99. The fraction of sp³-hybridized carbons (Fsp3) is 0.600. The van der Waals surface area contributed by atoms with Crippen LogP contribution in [0.1, 0.15) is 37.8 Å². The van der Waals surface area contributed by atoms with E-state index < -0.39 is 0 Å². The molecule has 0 saturated heterocycles. The van der Waals surface area contributed by atoms with Gasteiger partial charge in [0.15, 0.2) is 0 Å².